The fraction of sp³-hybridized carbons (Fsp3) is 1.00. The molecule has 0 aromatic rings. The molecule has 0 aromatic carbocycles. The van der Waals surface area contributed by atoms with Crippen LogP contribution >= 0.6 is 0 Å². The van der Waals surface area contributed by atoms with Crippen molar-refractivity contribution in [2.24, 2.45) is 5.73 Å². The highest BCUT2D eigenvalue weighted by Crippen LogP contribution is 2.27. The maximum absolute atomic E-state index is 12.7. The normalized spacial score (nSPS) is 27.5. The lowest BCUT2D eigenvalue weighted by Crippen LogP contribution is -2.46. The van der Waals surface area contributed by atoms with Crippen molar-refractivity contribution in [1.82, 2.24) is 8.61 Å². The lowest BCUT2D eigenvalue weighted by molar-refractivity contribution is 0.316. The van der Waals surface area contributed by atoms with Gasteiger partial charge in [0.1, 0.15) is 0 Å². The molecule has 5 nitrogen and oxygen atoms in total. The van der Waals surface area contributed by atoms with Crippen LogP contribution in [0, 0.1) is 0 Å². The zero-order valence-corrected chi connectivity index (χ0v) is 12.6. The Morgan fingerprint density at radius 1 is 1.00 bits per heavy atom. The summed E-state index contributed by atoms with van der Waals surface area (Å²) < 4.78 is 28.9. The van der Waals surface area contributed by atoms with Gasteiger partial charge in [0.25, 0.3) is 10.2 Å². The number of nitrogens with zero attached hydrogens (tertiary/aromatic N) is 2. The minimum atomic E-state index is -3.24. The van der Waals surface area contributed by atoms with Crippen LogP contribution < -0.4 is 5.73 Å². The van der Waals surface area contributed by atoms with Crippen molar-refractivity contribution in [2.45, 2.75) is 57.4 Å². The average Bonchev–Trinajstić information content (AvgIpc) is 2.69. The van der Waals surface area contributed by atoms with Crippen molar-refractivity contribution in [2.75, 3.05) is 26.2 Å². The quantitative estimate of drug-likeness (QED) is 0.830. The average molecular weight is 289 g/mol. The highest BCUT2D eigenvalue weighted by Gasteiger charge is 2.37. The van der Waals surface area contributed by atoms with Gasteiger partial charge in [-0.15, -0.1) is 0 Å². The Morgan fingerprint density at radius 2 is 1.68 bits per heavy atom. The maximum Gasteiger partial charge on any atom is 0.282 e. The Kier molecular flexibility index (Phi) is 5.62. The molecule has 19 heavy (non-hydrogen) atoms. The zero-order valence-electron chi connectivity index (χ0n) is 11.8. The molecular weight excluding hydrogens is 262 g/mol. The van der Waals surface area contributed by atoms with Gasteiger partial charge < -0.3 is 5.73 Å². The summed E-state index contributed by atoms with van der Waals surface area (Å²) in [5.74, 6) is 0. The van der Waals surface area contributed by atoms with Gasteiger partial charge in [-0.3, -0.25) is 0 Å². The second-order valence-electron chi connectivity index (χ2n) is 5.66. The maximum atomic E-state index is 12.7. The molecule has 0 amide bonds. The predicted octanol–water partition coefficient (Wildman–Crippen LogP) is 1.31. The fourth-order valence-electron chi connectivity index (χ4n) is 3.18. The van der Waals surface area contributed by atoms with E-state index in [4.69, 9.17) is 5.73 Å². The van der Waals surface area contributed by atoms with Gasteiger partial charge in [0.15, 0.2) is 0 Å². The molecule has 0 spiro atoms. The van der Waals surface area contributed by atoms with E-state index in [2.05, 4.69) is 0 Å². The van der Waals surface area contributed by atoms with E-state index >= 15 is 0 Å². The number of nitrogens with two attached hydrogens (primary N) is 1. The molecule has 1 unspecified atom stereocenters. The molecule has 2 saturated heterocycles. The van der Waals surface area contributed by atoms with E-state index in [1.165, 1.54) is 0 Å². The summed E-state index contributed by atoms with van der Waals surface area (Å²) in [6, 6.07) is 0.178. The number of hydrogen-bond acceptors (Lipinski definition) is 3. The van der Waals surface area contributed by atoms with Gasteiger partial charge in [0.05, 0.1) is 0 Å². The lowest BCUT2D eigenvalue weighted by atomic mass is 10.1. The first-order valence-corrected chi connectivity index (χ1v) is 9.03. The van der Waals surface area contributed by atoms with Crippen molar-refractivity contribution in [3.63, 3.8) is 0 Å². The van der Waals surface area contributed by atoms with E-state index in [9.17, 15) is 8.42 Å². The summed E-state index contributed by atoms with van der Waals surface area (Å²) >= 11 is 0. The Labute approximate surface area is 117 Å². The summed E-state index contributed by atoms with van der Waals surface area (Å²) in [4.78, 5) is 0. The van der Waals surface area contributed by atoms with Crippen LogP contribution in [-0.2, 0) is 10.2 Å². The van der Waals surface area contributed by atoms with Crippen molar-refractivity contribution in [3.05, 3.63) is 0 Å². The molecular formula is C13H27N3O2S. The van der Waals surface area contributed by atoms with Crippen molar-refractivity contribution in [3.8, 4) is 0 Å². The predicted molar refractivity (Wildman–Crippen MR) is 77.0 cm³/mol. The molecule has 2 fully saturated rings. The molecule has 0 radical (unpaired) electrons. The van der Waals surface area contributed by atoms with Crippen molar-refractivity contribution in [1.29, 1.82) is 0 Å². The van der Waals surface area contributed by atoms with Crippen LogP contribution in [0.3, 0.4) is 0 Å². The van der Waals surface area contributed by atoms with Gasteiger partial charge in [0.2, 0.25) is 0 Å². The molecule has 2 aliphatic heterocycles. The van der Waals surface area contributed by atoms with E-state index in [1.54, 1.807) is 8.61 Å². The van der Waals surface area contributed by atoms with E-state index in [-0.39, 0.29) is 6.04 Å². The largest absolute Gasteiger partial charge is 0.330 e. The Hall–Kier alpha value is -0.170. The SMILES string of the molecule is NCCCC1CCCN1S(=O)(=O)N1CCCCCC1. The van der Waals surface area contributed by atoms with Crippen LogP contribution in [0.5, 0.6) is 0 Å². The Morgan fingerprint density at radius 3 is 2.32 bits per heavy atom. The molecule has 0 bridgehead atoms. The summed E-state index contributed by atoms with van der Waals surface area (Å²) in [6.45, 7) is 2.73. The molecule has 6 heteroatoms. The van der Waals surface area contributed by atoms with Gasteiger partial charge >= 0.3 is 0 Å². The fourth-order valence-corrected chi connectivity index (χ4v) is 5.14. The molecule has 0 aliphatic carbocycles. The minimum absolute atomic E-state index is 0.178. The Balaban J connectivity index is 2.04. The molecule has 0 aromatic heterocycles. The topological polar surface area (TPSA) is 66.6 Å². The molecule has 2 N–H and O–H groups in total. The second kappa shape index (κ2) is 7.02. The molecule has 1 atom stereocenters. The first-order valence-electron chi connectivity index (χ1n) is 7.63. The highest BCUT2D eigenvalue weighted by molar-refractivity contribution is 7.86. The summed E-state index contributed by atoms with van der Waals surface area (Å²) in [5, 5.41) is 0. The van der Waals surface area contributed by atoms with Gasteiger partial charge in [-0.2, -0.15) is 17.0 Å². The third-order valence-corrected chi connectivity index (χ3v) is 6.34. The van der Waals surface area contributed by atoms with E-state index in [0.717, 1.165) is 51.4 Å². The first-order chi connectivity index (χ1) is 9.16. The standard InChI is InChI=1S/C13H27N3O2S/c14-9-5-7-13-8-6-12-16(13)19(17,18)15-10-3-1-2-4-11-15/h13H,1-12,14H2. The number of rotatable bonds is 5. The third kappa shape index (κ3) is 3.68. The van der Waals surface area contributed by atoms with Gasteiger partial charge in [-0.05, 0) is 45.1 Å². The van der Waals surface area contributed by atoms with Gasteiger partial charge in [-0.25, -0.2) is 0 Å². The Bertz CT molecular complexity index is 364. The monoisotopic (exact) mass is 289 g/mol. The van der Waals surface area contributed by atoms with Gasteiger partial charge in [0, 0.05) is 25.7 Å². The third-order valence-electron chi connectivity index (χ3n) is 4.25. The van der Waals surface area contributed by atoms with E-state index in [1.807, 2.05) is 0 Å². The second-order valence-corrected chi connectivity index (χ2v) is 7.54. The molecule has 2 heterocycles. The van der Waals surface area contributed by atoms with Crippen LogP contribution in [0.25, 0.3) is 0 Å². The van der Waals surface area contributed by atoms with Crippen LogP contribution in [0.15, 0.2) is 0 Å². The lowest BCUT2D eigenvalue weighted by Gasteiger charge is -2.30. The minimum Gasteiger partial charge on any atom is -0.330 e. The molecule has 2 rings (SSSR count). The van der Waals surface area contributed by atoms with Crippen molar-refractivity contribution < 1.29 is 8.42 Å². The first kappa shape index (κ1) is 15.2. The molecule has 0 saturated carbocycles. The number of hydrogen-bond donors (Lipinski definition) is 1. The van der Waals surface area contributed by atoms with Crippen LogP contribution in [0.2, 0.25) is 0 Å². The summed E-state index contributed by atoms with van der Waals surface area (Å²) in [6.07, 6.45) is 8.11. The molecule has 112 valence electrons. The smallest absolute Gasteiger partial charge is 0.282 e. The zero-order chi connectivity index (χ0) is 13.7. The highest BCUT2D eigenvalue weighted by atomic mass is 32.2. The van der Waals surface area contributed by atoms with Gasteiger partial charge in [-0.1, -0.05) is 12.8 Å². The van der Waals surface area contributed by atoms with Crippen LogP contribution in [0.1, 0.15) is 51.4 Å². The van der Waals surface area contributed by atoms with Crippen LogP contribution in [0.4, 0.5) is 0 Å². The van der Waals surface area contributed by atoms with E-state index < -0.39 is 10.2 Å². The summed E-state index contributed by atoms with van der Waals surface area (Å²) in [7, 11) is -3.24. The van der Waals surface area contributed by atoms with Crippen molar-refractivity contribution >= 4 is 10.2 Å². The molecule has 2 aliphatic rings. The summed E-state index contributed by atoms with van der Waals surface area (Å²) in [5.41, 5.74) is 5.55. The van der Waals surface area contributed by atoms with Crippen LogP contribution in [-0.4, -0.2) is 49.2 Å². The van der Waals surface area contributed by atoms with E-state index in [0.29, 0.717) is 26.2 Å².